The molecule has 30 heavy (non-hydrogen) atoms. The molecule has 1 heterocycles. The quantitative estimate of drug-likeness (QED) is 0.296. The number of aromatic amines is 1. The summed E-state index contributed by atoms with van der Waals surface area (Å²) in [5.74, 6) is 0.832. The van der Waals surface area contributed by atoms with Crippen LogP contribution in [0.1, 0.15) is 49.8 Å². The summed E-state index contributed by atoms with van der Waals surface area (Å²) in [6.07, 6.45) is -1.86. The van der Waals surface area contributed by atoms with Gasteiger partial charge >= 0.3 is 6.18 Å². The van der Waals surface area contributed by atoms with E-state index in [0.29, 0.717) is 11.5 Å². The van der Waals surface area contributed by atoms with E-state index in [9.17, 15) is 13.2 Å². The molecule has 0 saturated heterocycles. The molecule has 1 aliphatic rings. The van der Waals surface area contributed by atoms with Gasteiger partial charge in [0.05, 0.1) is 11.3 Å². The van der Waals surface area contributed by atoms with Gasteiger partial charge in [-0.3, -0.25) is 0 Å². The summed E-state index contributed by atoms with van der Waals surface area (Å²) in [5, 5.41) is 13.3. The van der Waals surface area contributed by atoms with Gasteiger partial charge in [0.15, 0.2) is 0 Å². The van der Waals surface area contributed by atoms with Crippen molar-refractivity contribution < 1.29 is 23.1 Å². The second-order valence-corrected chi connectivity index (χ2v) is 8.43. The number of nitrogens with one attached hydrogen (secondary N) is 1. The number of oxime groups is 1. The molecule has 7 heteroatoms. The summed E-state index contributed by atoms with van der Waals surface area (Å²) in [7, 11) is 0. The molecular formula is C23H23F3N2O2. The maximum absolute atomic E-state index is 12.8. The Morgan fingerprint density at radius 1 is 1.17 bits per heavy atom. The van der Waals surface area contributed by atoms with Gasteiger partial charge in [-0.25, -0.2) is 0 Å². The van der Waals surface area contributed by atoms with Gasteiger partial charge in [0.25, 0.3) is 0 Å². The number of rotatable bonds is 4. The number of hydrogen-bond donors (Lipinski definition) is 2. The van der Waals surface area contributed by atoms with Crippen molar-refractivity contribution in [2.75, 3.05) is 0 Å². The number of fused-ring (bicyclic) bond motifs is 1. The van der Waals surface area contributed by atoms with E-state index in [2.05, 4.69) is 24.0 Å². The standard InChI is InChI=1S/C23H23F3N2O2/c1-13(28-29)18-12-27-20-9-8-16(10-17(18)20)30-21-11-19(22(21,2)3)14-4-6-15(7-5-14)23(24,25)26/h4-10,12,19,21,27,29H,11H2,1-3H3/b28-13-/t19-,21-/m1/s1. The lowest BCUT2D eigenvalue weighted by molar-refractivity contribution is -0.137. The average Bonchev–Trinajstić information content (AvgIpc) is 3.13. The van der Waals surface area contributed by atoms with Crippen LogP contribution in [0.5, 0.6) is 5.75 Å². The molecule has 4 nitrogen and oxygen atoms in total. The topological polar surface area (TPSA) is 57.6 Å². The van der Waals surface area contributed by atoms with Crippen molar-refractivity contribution in [3.63, 3.8) is 0 Å². The third-order valence-electron chi connectivity index (χ3n) is 6.29. The number of ether oxygens (including phenoxy) is 1. The van der Waals surface area contributed by atoms with Gasteiger partial charge in [-0.15, -0.1) is 0 Å². The predicted octanol–water partition coefficient (Wildman–Crippen LogP) is 6.35. The summed E-state index contributed by atoms with van der Waals surface area (Å²) in [6, 6.07) is 11.1. The van der Waals surface area contributed by atoms with Crippen LogP contribution in [0.25, 0.3) is 10.9 Å². The molecule has 0 spiro atoms. The Bertz CT molecular complexity index is 1100. The molecule has 2 N–H and O–H groups in total. The van der Waals surface area contributed by atoms with E-state index in [-0.39, 0.29) is 17.4 Å². The number of alkyl halides is 3. The van der Waals surface area contributed by atoms with Crippen molar-refractivity contribution >= 4 is 16.6 Å². The summed E-state index contributed by atoms with van der Waals surface area (Å²) < 4.78 is 44.7. The number of aromatic nitrogens is 1. The predicted molar refractivity (Wildman–Crippen MR) is 109 cm³/mol. The Morgan fingerprint density at radius 3 is 2.47 bits per heavy atom. The van der Waals surface area contributed by atoms with E-state index >= 15 is 0 Å². The van der Waals surface area contributed by atoms with Gasteiger partial charge in [0.2, 0.25) is 0 Å². The number of hydrogen-bond acceptors (Lipinski definition) is 3. The highest BCUT2D eigenvalue weighted by molar-refractivity contribution is 6.09. The fourth-order valence-electron chi connectivity index (χ4n) is 4.25. The highest BCUT2D eigenvalue weighted by Gasteiger charge is 2.50. The van der Waals surface area contributed by atoms with Gasteiger partial charge in [0.1, 0.15) is 11.9 Å². The summed E-state index contributed by atoms with van der Waals surface area (Å²) in [5.41, 5.74) is 2.26. The molecule has 0 bridgehead atoms. The van der Waals surface area contributed by atoms with Gasteiger partial charge in [-0.1, -0.05) is 31.1 Å². The maximum Gasteiger partial charge on any atom is 0.416 e. The zero-order chi connectivity index (χ0) is 21.7. The first-order valence-electron chi connectivity index (χ1n) is 9.75. The van der Waals surface area contributed by atoms with Crippen LogP contribution < -0.4 is 4.74 Å². The van der Waals surface area contributed by atoms with Crippen LogP contribution in [0, 0.1) is 5.41 Å². The lowest BCUT2D eigenvalue weighted by Crippen LogP contribution is -2.50. The minimum atomic E-state index is -4.33. The second kappa shape index (κ2) is 7.07. The number of H-pyrrole nitrogens is 1. The lowest BCUT2D eigenvalue weighted by Gasteiger charge is -2.51. The van der Waals surface area contributed by atoms with Gasteiger partial charge < -0.3 is 14.9 Å². The van der Waals surface area contributed by atoms with Gasteiger partial charge in [-0.2, -0.15) is 13.2 Å². The van der Waals surface area contributed by atoms with Crippen LogP contribution in [0.15, 0.2) is 53.8 Å². The number of benzene rings is 2. The molecule has 1 aliphatic carbocycles. The molecule has 2 atom stereocenters. The first-order valence-corrected chi connectivity index (χ1v) is 9.75. The molecule has 1 saturated carbocycles. The van der Waals surface area contributed by atoms with E-state index < -0.39 is 11.7 Å². The Morgan fingerprint density at radius 2 is 1.87 bits per heavy atom. The second-order valence-electron chi connectivity index (χ2n) is 8.43. The van der Waals surface area contributed by atoms with E-state index in [1.165, 1.54) is 0 Å². The first kappa shape index (κ1) is 20.3. The molecule has 0 aliphatic heterocycles. The molecule has 2 aromatic carbocycles. The van der Waals surface area contributed by atoms with Crippen molar-refractivity contribution in [3.8, 4) is 5.75 Å². The van der Waals surface area contributed by atoms with Crippen LogP contribution in [-0.4, -0.2) is 22.0 Å². The van der Waals surface area contributed by atoms with E-state index in [1.807, 2.05) is 18.2 Å². The number of halogens is 3. The average molecular weight is 416 g/mol. The third kappa shape index (κ3) is 3.42. The zero-order valence-corrected chi connectivity index (χ0v) is 16.9. The van der Waals surface area contributed by atoms with Crippen molar-refractivity contribution in [3.05, 3.63) is 65.4 Å². The molecule has 158 valence electrons. The summed E-state index contributed by atoms with van der Waals surface area (Å²) >= 11 is 0. The molecule has 1 fully saturated rings. The molecule has 4 rings (SSSR count). The summed E-state index contributed by atoms with van der Waals surface area (Å²) in [4.78, 5) is 3.14. The lowest BCUT2D eigenvalue weighted by atomic mass is 9.57. The Kier molecular flexibility index (Phi) is 4.79. The Labute approximate surface area is 172 Å². The SMILES string of the molecule is C/C(=N/O)c1c[nH]c2ccc(O[C@@H]3C[C@H](c4ccc(C(F)(F)F)cc4)C3(C)C)cc12. The van der Waals surface area contributed by atoms with Crippen molar-refractivity contribution in [1.29, 1.82) is 0 Å². The maximum atomic E-state index is 12.8. The number of nitrogens with zero attached hydrogens (tertiary/aromatic N) is 1. The van der Waals surface area contributed by atoms with E-state index in [0.717, 1.165) is 40.6 Å². The van der Waals surface area contributed by atoms with Crippen molar-refractivity contribution in [2.45, 2.75) is 45.4 Å². The molecule has 0 amide bonds. The molecule has 0 unspecified atom stereocenters. The molecule has 3 aromatic rings. The van der Waals surface area contributed by atoms with Crippen LogP contribution in [0.3, 0.4) is 0 Å². The van der Waals surface area contributed by atoms with E-state index in [4.69, 9.17) is 9.94 Å². The Hall–Kier alpha value is -2.96. The highest BCUT2D eigenvalue weighted by Crippen LogP contribution is 2.54. The molecule has 1 aromatic heterocycles. The first-order chi connectivity index (χ1) is 14.1. The van der Waals surface area contributed by atoms with Crippen molar-refractivity contribution in [2.24, 2.45) is 10.6 Å². The molecular weight excluding hydrogens is 393 g/mol. The van der Waals surface area contributed by atoms with Gasteiger partial charge in [0, 0.05) is 28.1 Å². The van der Waals surface area contributed by atoms with Gasteiger partial charge in [-0.05, 0) is 55.2 Å². The third-order valence-corrected chi connectivity index (χ3v) is 6.29. The van der Waals surface area contributed by atoms with Crippen molar-refractivity contribution in [1.82, 2.24) is 4.98 Å². The normalized spacial score (nSPS) is 21.5. The van der Waals surface area contributed by atoms with Crippen LogP contribution in [0.2, 0.25) is 0 Å². The monoisotopic (exact) mass is 416 g/mol. The zero-order valence-electron chi connectivity index (χ0n) is 16.9. The Balaban J connectivity index is 1.52. The minimum Gasteiger partial charge on any atom is -0.490 e. The largest absolute Gasteiger partial charge is 0.490 e. The van der Waals surface area contributed by atoms with Crippen LogP contribution >= 0.6 is 0 Å². The molecule has 0 radical (unpaired) electrons. The van der Waals surface area contributed by atoms with Crippen LogP contribution in [0.4, 0.5) is 13.2 Å². The smallest absolute Gasteiger partial charge is 0.416 e. The minimum absolute atomic E-state index is 0.0581. The highest BCUT2D eigenvalue weighted by atomic mass is 19.4. The fraction of sp³-hybridized carbons (Fsp3) is 0.348. The fourth-order valence-corrected chi connectivity index (χ4v) is 4.25. The van der Waals surface area contributed by atoms with E-state index in [1.54, 1.807) is 25.3 Å². The van der Waals surface area contributed by atoms with Crippen LogP contribution in [-0.2, 0) is 6.18 Å². The summed E-state index contributed by atoms with van der Waals surface area (Å²) in [6.45, 7) is 5.87.